The maximum absolute atomic E-state index is 12.2. The quantitative estimate of drug-likeness (QED) is 0.539. The fourth-order valence-corrected chi connectivity index (χ4v) is 2.72. The summed E-state index contributed by atoms with van der Waals surface area (Å²) in [5.74, 6) is 1.62. The number of hydrogen-bond donors (Lipinski definition) is 1. The molecular weight excluding hydrogens is 378 g/mol. The van der Waals surface area contributed by atoms with E-state index in [9.17, 15) is 4.79 Å². The highest BCUT2D eigenvalue weighted by atomic mass is 35.5. The third-order valence-corrected chi connectivity index (χ3v) is 4.24. The Morgan fingerprint density at radius 1 is 1.18 bits per heavy atom. The van der Waals surface area contributed by atoms with Crippen molar-refractivity contribution in [3.8, 4) is 17.1 Å². The van der Waals surface area contributed by atoms with Gasteiger partial charge in [0.25, 0.3) is 0 Å². The number of para-hydroxylation sites is 2. The molecule has 146 valence electrons. The van der Waals surface area contributed by atoms with Gasteiger partial charge in [0.1, 0.15) is 5.75 Å². The Morgan fingerprint density at radius 3 is 2.75 bits per heavy atom. The van der Waals surface area contributed by atoms with Crippen LogP contribution in [0.5, 0.6) is 5.75 Å². The normalized spacial score (nSPS) is 10.6. The van der Waals surface area contributed by atoms with Gasteiger partial charge in [-0.2, -0.15) is 4.98 Å². The predicted octanol–water partition coefficient (Wildman–Crippen LogP) is 5.14. The maximum atomic E-state index is 12.2. The zero-order valence-corrected chi connectivity index (χ0v) is 16.4. The van der Waals surface area contributed by atoms with Crippen LogP contribution in [0.4, 0.5) is 5.69 Å². The van der Waals surface area contributed by atoms with Gasteiger partial charge in [0.05, 0.1) is 12.3 Å². The van der Waals surface area contributed by atoms with Gasteiger partial charge in [-0.25, -0.2) is 0 Å². The summed E-state index contributed by atoms with van der Waals surface area (Å²) < 4.78 is 10.9. The first kappa shape index (κ1) is 19.9. The van der Waals surface area contributed by atoms with Crippen LogP contribution in [0.2, 0.25) is 5.02 Å². The smallest absolute Gasteiger partial charge is 0.226 e. The molecular formula is C21H22ClN3O3. The van der Waals surface area contributed by atoms with Crippen molar-refractivity contribution in [3.63, 3.8) is 0 Å². The van der Waals surface area contributed by atoms with Crippen molar-refractivity contribution in [1.29, 1.82) is 0 Å². The monoisotopic (exact) mass is 399 g/mol. The lowest BCUT2D eigenvalue weighted by molar-refractivity contribution is -0.116. The molecule has 2 aromatic carbocycles. The van der Waals surface area contributed by atoms with E-state index in [-0.39, 0.29) is 5.91 Å². The van der Waals surface area contributed by atoms with E-state index < -0.39 is 0 Å². The molecule has 0 unspecified atom stereocenters. The molecule has 1 heterocycles. The van der Waals surface area contributed by atoms with Crippen molar-refractivity contribution in [2.45, 2.75) is 32.6 Å². The van der Waals surface area contributed by atoms with Crippen LogP contribution >= 0.6 is 11.6 Å². The number of ether oxygens (including phenoxy) is 1. The summed E-state index contributed by atoms with van der Waals surface area (Å²) in [4.78, 5) is 16.6. The van der Waals surface area contributed by atoms with E-state index in [4.69, 9.17) is 20.9 Å². The number of rotatable bonds is 9. The van der Waals surface area contributed by atoms with E-state index in [0.29, 0.717) is 54.0 Å². The minimum absolute atomic E-state index is 0.0787. The van der Waals surface area contributed by atoms with Crippen molar-refractivity contribution in [2.24, 2.45) is 0 Å². The molecule has 1 amide bonds. The molecule has 0 aliphatic carbocycles. The number of aromatic nitrogens is 2. The number of carbonyl (C=O) groups is 1. The number of hydrogen-bond acceptors (Lipinski definition) is 5. The van der Waals surface area contributed by atoms with Crippen LogP contribution in [0.15, 0.2) is 53.1 Å². The van der Waals surface area contributed by atoms with Crippen LogP contribution in [0, 0.1) is 0 Å². The van der Waals surface area contributed by atoms with E-state index in [1.165, 1.54) is 0 Å². The van der Waals surface area contributed by atoms with Crippen molar-refractivity contribution in [3.05, 3.63) is 59.4 Å². The van der Waals surface area contributed by atoms with E-state index in [0.717, 1.165) is 12.0 Å². The molecule has 0 bridgehead atoms. The Labute approximate surface area is 168 Å². The van der Waals surface area contributed by atoms with Gasteiger partial charge in [-0.1, -0.05) is 35.8 Å². The number of carbonyl (C=O) groups excluding carboxylic acids is 1. The molecule has 3 rings (SSSR count). The second kappa shape index (κ2) is 9.90. The largest absolute Gasteiger partial charge is 0.491 e. The zero-order valence-electron chi connectivity index (χ0n) is 15.7. The van der Waals surface area contributed by atoms with Crippen LogP contribution in [0.25, 0.3) is 11.4 Å². The Morgan fingerprint density at radius 2 is 1.96 bits per heavy atom. The summed E-state index contributed by atoms with van der Waals surface area (Å²) in [5.41, 5.74) is 1.52. The summed E-state index contributed by atoms with van der Waals surface area (Å²) in [7, 11) is 0. The Kier molecular flexibility index (Phi) is 7.03. The van der Waals surface area contributed by atoms with E-state index in [1.807, 2.05) is 43.3 Å². The topological polar surface area (TPSA) is 77.2 Å². The molecule has 0 spiro atoms. The highest BCUT2D eigenvalue weighted by Crippen LogP contribution is 2.24. The molecule has 0 radical (unpaired) electrons. The van der Waals surface area contributed by atoms with Crippen molar-refractivity contribution < 1.29 is 14.1 Å². The molecule has 0 saturated carbocycles. The molecule has 0 aliphatic heterocycles. The molecule has 28 heavy (non-hydrogen) atoms. The third-order valence-electron chi connectivity index (χ3n) is 3.99. The van der Waals surface area contributed by atoms with Crippen LogP contribution in [-0.2, 0) is 11.2 Å². The average molecular weight is 400 g/mol. The minimum atomic E-state index is -0.0787. The van der Waals surface area contributed by atoms with Crippen LogP contribution in [0.3, 0.4) is 0 Å². The Hall–Kier alpha value is -2.86. The summed E-state index contributed by atoms with van der Waals surface area (Å²) in [6.07, 6.45) is 2.39. The number of amides is 1. The van der Waals surface area contributed by atoms with Gasteiger partial charge >= 0.3 is 0 Å². The lowest BCUT2D eigenvalue weighted by Crippen LogP contribution is -2.12. The summed E-state index contributed by atoms with van der Waals surface area (Å²) in [5, 5.41) is 7.53. The molecule has 7 heteroatoms. The molecule has 3 aromatic rings. The SMILES string of the molecule is CCCOc1ccccc1NC(=O)CCCc1nc(-c2ccc(Cl)cc2)no1. The third kappa shape index (κ3) is 5.57. The zero-order chi connectivity index (χ0) is 19.8. The number of aryl methyl sites for hydroxylation is 1. The number of anilines is 1. The first-order valence-electron chi connectivity index (χ1n) is 9.26. The number of halogens is 1. The summed E-state index contributed by atoms with van der Waals surface area (Å²) in [6.45, 7) is 2.65. The van der Waals surface area contributed by atoms with Gasteiger partial charge in [0.15, 0.2) is 0 Å². The molecule has 1 N–H and O–H groups in total. The lowest BCUT2D eigenvalue weighted by atomic mass is 10.2. The van der Waals surface area contributed by atoms with E-state index in [2.05, 4.69) is 15.5 Å². The Bertz CT molecular complexity index is 909. The van der Waals surface area contributed by atoms with Crippen molar-refractivity contribution in [1.82, 2.24) is 10.1 Å². The molecule has 0 aliphatic rings. The van der Waals surface area contributed by atoms with Gasteiger partial charge in [-0.05, 0) is 49.2 Å². The maximum Gasteiger partial charge on any atom is 0.226 e. The van der Waals surface area contributed by atoms with Gasteiger partial charge in [0.2, 0.25) is 17.6 Å². The highest BCUT2D eigenvalue weighted by molar-refractivity contribution is 6.30. The fourth-order valence-electron chi connectivity index (χ4n) is 2.59. The van der Waals surface area contributed by atoms with E-state index in [1.54, 1.807) is 12.1 Å². The van der Waals surface area contributed by atoms with Crippen LogP contribution < -0.4 is 10.1 Å². The van der Waals surface area contributed by atoms with Crippen LogP contribution in [0.1, 0.15) is 32.1 Å². The van der Waals surface area contributed by atoms with Gasteiger partial charge in [-0.3, -0.25) is 4.79 Å². The Balaban J connectivity index is 1.49. The summed E-state index contributed by atoms with van der Waals surface area (Å²) >= 11 is 5.89. The highest BCUT2D eigenvalue weighted by Gasteiger charge is 2.11. The summed E-state index contributed by atoms with van der Waals surface area (Å²) in [6, 6.07) is 14.7. The minimum Gasteiger partial charge on any atom is -0.491 e. The molecule has 0 atom stereocenters. The number of benzene rings is 2. The molecule has 1 aromatic heterocycles. The first-order chi connectivity index (χ1) is 13.7. The van der Waals surface area contributed by atoms with Gasteiger partial charge < -0.3 is 14.6 Å². The standard InChI is InChI=1S/C21H22ClN3O3/c1-2-14-27-18-7-4-3-6-17(18)23-19(26)8-5-9-20-24-21(25-28-20)15-10-12-16(22)13-11-15/h3-4,6-7,10-13H,2,5,8-9,14H2,1H3,(H,23,26). The number of nitrogens with one attached hydrogen (secondary N) is 1. The van der Waals surface area contributed by atoms with Crippen LogP contribution in [-0.4, -0.2) is 22.7 Å². The second-order valence-corrected chi connectivity index (χ2v) is 6.70. The molecule has 6 nitrogen and oxygen atoms in total. The molecule has 0 fully saturated rings. The molecule has 0 saturated heterocycles. The second-order valence-electron chi connectivity index (χ2n) is 6.26. The van der Waals surface area contributed by atoms with Crippen molar-refractivity contribution >= 4 is 23.2 Å². The van der Waals surface area contributed by atoms with Gasteiger partial charge in [0, 0.05) is 23.4 Å². The lowest BCUT2D eigenvalue weighted by Gasteiger charge is -2.11. The predicted molar refractivity (Wildman–Crippen MR) is 109 cm³/mol. The first-order valence-corrected chi connectivity index (χ1v) is 9.63. The van der Waals surface area contributed by atoms with E-state index >= 15 is 0 Å². The van der Waals surface area contributed by atoms with Crippen molar-refractivity contribution in [2.75, 3.05) is 11.9 Å². The number of nitrogens with zero attached hydrogens (tertiary/aromatic N) is 2. The fraction of sp³-hybridized carbons (Fsp3) is 0.286. The average Bonchev–Trinajstić information content (AvgIpc) is 3.17. The van der Waals surface area contributed by atoms with Gasteiger partial charge in [-0.15, -0.1) is 0 Å².